The van der Waals surface area contributed by atoms with Gasteiger partial charge in [0, 0.05) is 16.7 Å². The summed E-state index contributed by atoms with van der Waals surface area (Å²) in [5.41, 5.74) is 6.51. The molecule has 0 radical (unpaired) electrons. The molecule has 0 saturated heterocycles. The average molecular weight is 341 g/mol. The lowest BCUT2D eigenvalue weighted by molar-refractivity contribution is -0.142. The molecule has 1 fully saturated rings. The van der Waals surface area contributed by atoms with Crippen molar-refractivity contribution in [3.05, 3.63) is 28.2 Å². The lowest BCUT2D eigenvalue weighted by Crippen LogP contribution is -2.24. The summed E-state index contributed by atoms with van der Waals surface area (Å²) in [6.45, 7) is 0.624. The number of anilines is 1. The van der Waals surface area contributed by atoms with Gasteiger partial charge < -0.3 is 16.2 Å². The molecular formula is C14H17BrN2O3. The van der Waals surface area contributed by atoms with Crippen LogP contribution in [0.2, 0.25) is 0 Å². The van der Waals surface area contributed by atoms with Gasteiger partial charge in [-0.15, -0.1) is 0 Å². The van der Waals surface area contributed by atoms with Gasteiger partial charge in [0.05, 0.1) is 11.5 Å². The highest BCUT2D eigenvalue weighted by Gasteiger charge is 2.32. The number of nitrogens with two attached hydrogens (primary N) is 1. The van der Waals surface area contributed by atoms with Crippen LogP contribution in [0, 0.1) is 11.8 Å². The minimum Gasteiger partial charge on any atom is -0.481 e. The third-order valence-electron chi connectivity index (χ3n) is 3.78. The smallest absolute Gasteiger partial charge is 0.306 e. The molecule has 2 unspecified atom stereocenters. The van der Waals surface area contributed by atoms with Crippen molar-refractivity contribution >= 4 is 33.5 Å². The van der Waals surface area contributed by atoms with E-state index in [1.807, 2.05) is 0 Å². The Morgan fingerprint density at radius 3 is 2.75 bits per heavy atom. The van der Waals surface area contributed by atoms with E-state index in [0.29, 0.717) is 16.6 Å². The molecule has 2 rings (SSSR count). The zero-order valence-corrected chi connectivity index (χ0v) is 12.5. The maximum Gasteiger partial charge on any atom is 0.306 e. The van der Waals surface area contributed by atoms with E-state index in [0.717, 1.165) is 24.9 Å². The lowest BCUT2D eigenvalue weighted by atomic mass is 9.96. The number of carbonyl (C=O) groups is 2. The molecule has 108 valence electrons. The summed E-state index contributed by atoms with van der Waals surface area (Å²) in [5, 5.41) is 12.4. The number of benzene rings is 1. The first-order chi connectivity index (χ1) is 9.49. The number of rotatable bonds is 5. The molecule has 0 heterocycles. The molecule has 4 N–H and O–H groups in total. The number of amides is 1. The van der Waals surface area contributed by atoms with Crippen LogP contribution in [0.4, 0.5) is 5.69 Å². The first-order valence-electron chi connectivity index (χ1n) is 6.55. The van der Waals surface area contributed by atoms with Crippen molar-refractivity contribution in [1.82, 2.24) is 0 Å². The minimum absolute atomic E-state index is 0.155. The Morgan fingerprint density at radius 1 is 1.40 bits per heavy atom. The van der Waals surface area contributed by atoms with E-state index >= 15 is 0 Å². The van der Waals surface area contributed by atoms with Crippen molar-refractivity contribution in [2.75, 3.05) is 11.9 Å². The minimum atomic E-state index is -0.709. The van der Waals surface area contributed by atoms with Gasteiger partial charge >= 0.3 is 5.97 Å². The number of primary amides is 1. The Balaban J connectivity index is 1.99. The summed E-state index contributed by atoms with van der Waals surface area (Å²) in [5.74, 6) is -1.29. The second kappa shape index (κ2) is 6.26. The topological polar surface area (TPSA) is 92.4 Å². The first-order valence-corrected chi connectivity index (χ1v) is 7.34. The lowest BCUT2D eigenvalue weighted by Gasteiger charge is -2.17. The molecule has 5 nitrogen and oxygen atoms in total. The molecule has 6 heteroatoms. The van der Waals surface area contributed by atoms with Crippen LogP contribution < -0.4 is 11.1 Å². The zero-order chi connectivity index (χ0) is 14.7. The van der Waals surface area contributed by atoms with Crippen LogP contribution in [-0.2, 0) is 4.79 Å². The van der Waals surface area contributed by atoms with E-state index < -0.39 is 11.9 Å². The van der Waals surface area contributed by atoms with Crippen molar-refractivity contribution in [1.29, 1.82) is 0 Å². The van der Waals surface area contributed by atoms with Gasteiger partial charge in [-0.1, -0.05) is 6.42 Å². The molecule has 0 aromatic heterocycles. The molecule has 1 aromatic carbocycles. The number of carboxylic acid groups (broad SMARTS) is 1. The Hall–Kier alpha value is -1.56. The van der Waals surface area contributed by atoms with Crippen LogP contribution in [0.3, 0.4) is 0 Å². The van der Waals surface area contributed by atoms with Crippen LogP contribution in [0.25, 0.3) is 0 Å². The molecule has 0 spiro atoms. The number of nitrogens with one attached hydrogen (secondary N) is 1. The quantitative estimate of drug-likeness (QED) is 0.767. The molecular weight excluding hydrogens is 324 g/mol. The monoisotopic (exact) mass is 340 g/mol. The summed E-state index contributed by atoms with van der Waals surface area (Å²) in [6, 6.07) is 5.21. The van der Waals surface area contributed by atoms with Crippen LogP contribution >= 0.6 is 15.9 Å². The molecule has 1 amide bonds. The Morgan fingerprint density at radius 2 is 2.15 bits per heavy atom. The van der Waals surface area contributed by atoms with Crippen molar-refractivity contribution in [3.63, 3.8) is 0 Å². The number of halogens is 1. The van der Waals surface area contributed by atoms with E-state index in [4.69, 9.17) is 10.8 Å². The second-order valence-corrected chi connectivity index (χ2v) is 5.93. The molecule has 0 aliphatic heterocycles. The van der Waals surface area contributed by atoms with Gasteiger partial charge in [0.25, 0.3) is 0 Å². The first kappa shape index (κ1) is 14.8. The third-order valence-corrected chi connectivity index (χ3v) is 4.44. The Labute approximate surface area is 125 Å². The maximum absolute atomic E-state index is 11.1. The predicted molar refractivity (Wildman–Crippen MR) is 79.6 cm³/mol. The molecule has 1 aliphatic carbocycles. The van der Waals surface area contributed by atoms with Crippen molar-refractivity contribution < 1.29 is 14.7 Å². The number of hydrogen-bond acceptors (Lipinski definition) is 3. The predicted octanol–water partition coefficient (Wildman–Crippen LogP) is 2.46. The van der Waals surface area contributed by atoms with Gasteiger partial charge in [0.2, 0.25) is 5.91 Å². The number of carboxylic acids is 1. The highest BCUT2D eigenvalue weighted by molar-refractivity contribution is 9.10. The third kappa shape index (κ3) is 3.30. The molecule has 1 saturated carbocycles. The summed E-state index contributed by atoms with van der Waals surface area (Å²) in [4.78, 5) is 22.2. The summed E-state index contributed by atoms with van der Waals surface area (Å²) in [7, 11) is 0. The maximum atomic E-state index is 11.1. The highest BCUT2D eigenvalue weighted by Crippen LogP contribution is 2.32. The summed E-state index contributed by atoms with van der Waals surface area (Å²) in [6.07, 6.45) is 2.66. The van der Waals surface area contributed by atoms with Crippen molar-refractivity contribution in [2.45, 2.75) is 19.3 Å². The Bertz CT molecular complexity index is 533. The fourth-order valence-corrected chi connectivity index (χ4v) is 3.25. The molecule has 2 atom stereocenters. The zero-order valence-electron chi connectivity index (χ0n) is 10.9. The van der Waals surface area contributed by atoms with Gasteiger partial charge in [-0.25, -0.2) is 0 Å². The van der Waals surface area contributed by atoms with Crippen molar-refractivity contribution in [2.24, 2.45) is 17.6 Å². The second-order valence-electron chi connectivity index (χ2n) is 5.08. The van der Waals surface area contributed by atoms with E-state index in [9.17, 15) is 9.59 Å². The van der Waals surface area contributed by atoms with E-state index in [1.54, 1.807) is 18.2 Å². The van der Waals surface area contributed by atoms with Crippen LogP contribution in [-0.4, -0.2) is 23.5 Å². The molecule has 1 aliphatic rings. The van der Waals surface area contributed by atoms with E-state index in [1.165, 1.54) is 0 Å². The fourth-order valence-electron chi connectivity index (χ4n) is 2.68. The molecule has 0 bridgehead atoms. The fraction of sp³-hybridized carbons (Fsp3) is 0.429. The van der Waals surface area contributed by atoms with Crippen LogP contribution in [0.15, 0.2) is 22.7 Å². The number of aliphatic carboxylic acids is 1. The van der Waals surface area contributed by atoms with Gasteiger partial charge in [-0.2, -0.15) is 0 Å². The van der Waals surface area contributed by atoms with Crippen LogP contribution in [0.5, 0.6) is 0 Å². The summed E-state index contributed by atoms with van der Waals surface area (Å²) >= 11 is 3.30. The van der Waals surface area contributed by atoms with Gasteiger partial charge in [0.15, 0.2) is 0 Å². The number of hydrogen-bond donors (Lipinski definition) is 3. The normalized spacial score (nSPS) is 21.6. The largest absolute Gasteiger partial charge is 0.481 e. The van der Waals surface area contributed by atoms with Gasteiger partial charge in [-0.3, -0.25) is 9.59 Å². The van der Waals surface area contributed by atoms with E-state index in [2.05, 4.69) is 21.2 Å². The van der Waals surface area contributed by atoms with Crippen LogP contribution in [0.1, 0.15) is 29.6 Å². The van der Waals surface area contributed by atoms with E-state index in [-0.39, 0.29) is 11.8 Å². The molecule has 20 heavy (non-hydrogen) atoms. The molecule has 1 aromatic rings. The average Bonchev–Trinajstić information content (AvgIpc) is 2.84. The van der Waals surface area contributed by atoms with Gasteiger partial charge in [0.1, 0.15) is 0 Å². The SMILES string of the molecule is NC(=O)c1ccc(NCC2CCCC2C(=O)O)cc1Br. The summed E-state index contributed by atoms with van der Waals surface area (Å²) < 4.78 is 0.635. The Kier molecular flexibility index (Phi) is 4.65. The highest BCUT2D eigenvalue weighted by atomic mass is 79.9. The number of carbonyl (C=O) groups excluding carboxylic acids is 1. The van der Waals surface area contributed by atoms with Crippen molar-refractivity contribution in [3.8, 4) is 0 Å². The van der Waals surface area contributed by atoms with Gasteiger partial charge in [-0.05, 0) is 52.9 Å². The standard InChI is InChI=1S/C14H17BrN2O3/c15-12-6-9(4-5-11(12)13(16)18)17-7-8-2-1-3-10(8)14(19)20/h4-6,8,10,17H,1-3,7H2,(H2,16,18)(H,19,20).